The highest BCUT2D eigenvalue weighted by molar-refractivity contribution is 5.36. The van der Waals surface area contributed by atoms with Crippen molar-refractivity contribution in [3.8, 4) is 5.75 Å². The van der Waals surface area contributed by atoms with Crippen LogP contribution in [-0.4, -0.2) is 36.3 Å². The van der Waals surface area contributed by atoms with Crippen molar-refractivity contribution in [2.45, 2.75) is 38.8 Å². The first-order chi connectivity index (χ1) is 8.74. The van der Waals surface area contributed by atoms with E-state index in [1.165, 1.54) is 24.0 Å². The van der Waals surface area contributed by atoms with E-state index in [0.717, 1.165) is 25.3 Å². The van der Waals surface area contributed by atoms with Crippen LogP contribution in [0.2, 0.25) is 0 Å². The van der Waals surface area contributed by atoms with Gasteiger partial charge in [-0.15, -0.1) is 0 Å². The van der Waals surface area contributed by atoms with Crippen molar-refractivity contribution in [3.63, 3.8) is 0 Å². The molecule has 0 aliphatic carbocycles. The molecule has 1 fully saturated rings. The zero-order chi connectivity index (χ0) is 13.0. The van der Waals surface area contributed by atoms with E-state index in [2.05, 4.69) is 24.0 Å². The number of rotatable bonds is 4. The van der Waals surface area contributed by atoms with Gasteiger partial charge >= 0.3 is 0 Å². The van der Waals surface area contributed by atoms with Gasteiger partial charge in [0, 0.05) is 18.2 Å². The van der Waals surface area contributed by atoms with E-state index < -0.39 is 0 Å². The molecule has 1 heterocycles. The number of ether oxygens (including phenoxy) is 1. The average Bonchev–Trinajstić information content (AvgIpc) is 2.40. The highest BCUT2D eigenvalue weighted by Gasteiger charge is 2.22. The van der Waals surface area contributed by atoms with Crippen LogP contribution in [0.4, 0.5) is 0 Å². The second-order valence-electron chi connectivity index (χ2n) is 5.12. The molecule has 1 aromatic carbocycles. The molecule has 1 aliphatic heterocycles. The number of hydrogen-bond donors (Lipinski definition) is 1. The van der Waals surface area contributed by atoms with E-state index in [9.17, 15) is 5.11 Å². The molecule has 0 unspecified atom stereocenters. The van der Waals surface area contributed by atoms with Crippen LogP contribution in [0.25, 0.3) is 0 Å². The minimum atomic E-state index is 0.258. The maximum atomic E-state index is 9.45. The van der Waals surface area contributed by atoms with Crippen molar-refractivity contribution >= 4 is 0 Å². The van der Waals surface area contributed by atoms with Crippen LogP contribution in [0.5, 0.6) is 5.75 Å². The van der Waals surface area contributed by atoms with Crippen molar-refractivity contribution < 1.29 is 9.84 Å². The van der Waals surface area contributed by atoms with Crippen LogP contribution in [0.1, 0.15) is 30.4 Å². The lowest BCUT2D eigenvalue weighted by molar-refractivity contribution is 0.0834. The van der Waals surface area contributed by atoms with E-state index in [1.807, 2.05) is 6.07 Å². The molecule has 0 bridgehead atoms. The first-order valence-corrected chi connectivity index (χ1v) is 6.73. The van der Waals surface area contributed by atoms with E-state index in [1.54, 1.807) is 7.11 Å². The van der Waals surface area contributed by atoms with E-state index in [4.69, 9.17) is 4.74 Å². The predicted molar refractivity (Wildman–Crippen MR) is 72.9 cm³/mol. The zero-order valence-corrected chi connectivity index (χ0v) is 11.4. The van der Waals surface area contributed by atoms with Crippen molar-refractivity contribution in [1.82, 2.24) is 4.90 Å². The lowest BCUT2D eigenvalue weighted by atomic mass is 10.0. The van der Waals surface area contributed by atoms with Crippen LogP contribution >= 0.6 is 0 Å². The fourth-order valence-electron chi connectivity index (χ4n) is 2.72. The van der Waals surface area contributed by atoms with Crippen molar-refractivity contribution in [3.05, 3.63) is 29.3 Å². The molecule has 0 amide bonds. The normalized spacial score (nSPS) is 20.9. The molecule has 1 N–H and O–H groups in total. The summed E-state index contributed by atoms with van der Waals surface area (Å²) in [5.74, 6) is 0.947. The first kappa shape index (κ1) is 13.4. The Morgan fingerprint density at radius 3 is 2.94 bits per heavy atom. The van der Waals surface area contributed by atoms with Gasteiger partial charge in [0.15, 0.2) is 0 Å². The SMILES string of the molecule is COc1ccc(C)cc1CN1CCCC[C@@H]1CO. The molecule has 0 saturated carbocycles. The summed E-state index contributed by atoms with van der Waals surface area (Å²) in [6, 6.07) is 6.59. The Kier molecular flexibility index (Phi) is 4.61. The first-order valence-electron chi connectivity index (χ1n) is 6.73. The third kappa shape index (κ3) is 3.03. The van der Waals surface area contributed by atoms with Crippen molar-refractivity contribution in [2.24, 2.45) is 0 Å². The number of aliphatic hydroxyl groups excluding tert-OH is 1. The number of methoxy groups -OCH3 is 1. The molecule has 0 radical (unpaired) electrons. The molecule has 0 spiro atoms. The number of benzene rings is 1. The number of likely N-dealkylation sites (tertiary alicyclic amines) is 1. The monoisotopic (exact) mass is 249 g/mol. The largest absolute Gasteiger partial charge is 0.496 e. The van der Waals surface area contributed by atoms with Gasteiger partial charge in [-0.2, -0.15) is 0 Å². The third-order valence-electron chi connectivity index (χ3n) is 3.77. The molecule has 18 heavy (non-hydrogen) atoms. The summed E-state index contributed by atoms with van der Waals surface area (Å²) >= 11 is 0. The minimum Gasteiger partial charge on any atom is -0.496 e. The Hall–Kier alpha value is -1.06. The lowest BCUT2D eigenvalue weighted by Crippen LogP contribution is -2.41. The summed E-state index contributed by atoms with van der Waals surface area (Å²) in [5.41, 5.74) is 2.47. The fourth-order valence-corrected chi connectivity index (χ4v) is 2.72. The van der Waals surface area contributed by atoms with Gasteiger partial charge in [-0.05, 0) is 32.4 Å². The smallest absolute Gasteiger partial charge is 0.123 e. The van der Waals surface area contributed by atoms with Gasteiger partial charge in [0.05, 0.1) is 13.7 Å². The number of nitrogens with zero attached hydrogens (tertiary/aromatic N) is 1. The third-order valence-corrected chi connectivity index (χ3v) is 3.77. The predicted octanol–water partition coefficient (Wildman–Crippen LogP) is 2.35. The molecule has 1 aromatic rings. The Balaban J connectivity index is 2.14. The summed E-state index contributed by atoms with van der Waals surface area (Å²) < 4.78 is 5.42. The number of hydrogen-bond acceptors (Lipinski definition) is 3. The fraction of sp³-hybridized carbons (Fsp3) is 0.600. The molecular formula is C15H23NO2. The molecule has 1 atom stereocenters. The molecule has 2 rings (SSSR count). The number of aliphatic hydroxyl groups is 1. The second kappa shape index (κ2) is 6.21. The second-order valence-corrected chi connectivity index (χ2v) is 5.12. The molecule has 1 aliphatic rings. The Morgan fingerprint density at radius 1 is 1.39 bits per heavy atom. The van der Waals surface area contributed by atoms with E-state index in [0.29, 0.717) is 6.04 Å². The quantitative estimate of drug-likeness (QED) is 0.889. The van der Waals surface area contributed by atoms with Crippen LogP contribution in [-0.2, 0) is 6.54 Å². The Morgan fingerprint density at radius 2 is 2.22 bits per heavy atom. The summed E-state index contributed by atoms with van der Waals surface area (Å²) in [6.07, 6.45) is 3.56. The average molecular weight is 249 g/mol. The van der Waals surface area contributed by atoms with E-state index >= 15 is 0 Å². The maximum Gasteiger partial charge on any atom is 0.123 e. The summed E-state index contributed by atoms with van der Waals surface area (Å²) in [5, 5.41) is 9.45. The maximum absolute atomic E-state index is 9.45. The Bertz CT molecular complexity index is 392. The van der Waals surface area contributed by atoms with Gasteiger partial charge < -0.3 is 9.84 Å². The van der Waals surface area contributed by atoms with E-state index in [-0.39, 0.29) is 6.61 Å². The molecular weight excluding hydrogens is 226 g/mol. The summed E-state index contributed by atoms with van der Waals surface area (Å²) in [7, 11) is 1.72. The topological polar surface area (TPSA) is 32.7 Å². The Labute approximate surface area is 109 Å². The highest BCUT2D eigenvalue weighted by Crippen LogP contribution is 2.25. The molecule has 3 nitrogen and oxygen atoms in total. The van der Waals surface area contributed by atoms with Crippen molar-refractivity contribution in [1.29, 1.82) is 0 Å². The highest BCUT2D eigenvalue weighted by atomic mass is 16.5. The van der Waals surface area contributed by atoms with Gasteiger partial charge in [0.2, 0.25) is 0 Å². The van der Waals surface area contributed by atoms with Gasteiger partial charge in [0.25, 0.3) is 0 Å². The number of piperidine rings is 1. The minimum absolute atomic E-state index is 0.258. The van der Waals surface area contributed by atoms with Gasteiger partial charge in [-0.25, -0.2) is 0 Å². The van der Waals surface area contributed by atoms with Crippen LogP contribution < -0.4 is 4.74 Å². The van der Waals surface area contributed by atoms with Crippen LogP contribution in [0.3, 0.4) is 0 Å². The zero-order valence-electron chi connectivity index (χ0n) is 11.4. The van der Waals surface area contributed by atoms with Gasteiger partial charge in [-0.3, -0.25) is 4.90 Å². The standard InChI is InChI=1S/C15H23NO2/c1-12-6-7-15(18-2)13(9-12)10-16-8-4-3-5-14(16)11-17/h6-7,9,14,17H,3-5,8,10-11H2,1-2H3/t14-/m1/s1. The summed E-state index contributed by atoms with van der Waals surface area (Å²) in [6.45, 7) is 4.30. The molecule has 3 heteroatoms. The van der Waals surface area contributed by atoms with Gasteiger partial charge in [0.1, 0.15) is 5.75 Å². The number of aryl methyl sites for hydroxylation is 1. The van der Waals surface area contributed by atoms with Crippen molar-refractivity contribution in [2.75, 3.05) is 20.3 Å². The van der Waals surface area contributed by atoms with Crippen LogP contribution in [0.15, 0.2) is 18.2 Å². The summed E-state index contributed by atoms with van der Waals surface area (Å²) in [4.78, 5) is 2.38. The lowest BCUT2D eigenvalue weighted by Gasteiger charge is -2.34. The molecule has 0 aromatic heterocycles. The molecule has 100 valence electrons. The van der Waals surface area contributed by atoms with Gasteiger partial charge in [-0.1, -0.05) is 24.1 Å². The molecule has 1 saturated heterocycles. The van der Waals surface area contributed by atoms with Crippen LogP contribution in [0, 0.1) is 6.92 Å².